The summed E-state index contributed by atoms with van der Waals surface area (Å²) in [6, 6.07) is 23.0. The maximum absolute atomic E-state index is 12.7. The van der Waals surface area contributed by atoms with Crippen LogP contribution in [-0.2, 0) is 27.3 Å². The van der Waals surface area contributed by atoms with E-state index in [1.165, 1.54) is 6.07 Å². The molecule has 0 aliphatic carbocycles. The highest BCUT2D eigenvalue weighted by Crippen LogP contribution is 2.36. The number of aromatic nitrogens is 1. The summed E-state index contributed by atoms with van der Waals surface area (Å²) in [6.45, 7) is 7.71. The molecule has 1 aromatic heterocycles. The second kappa shape index (κ2) is 12.7. The molecule has 0 spiro atoms. The lowest BCUT2D eigenvalue weighted by molar-refractivity contribution is 0.174. The summed E-state index contributed by atoms with van der Waals surface area (Å²) < 4.78 is 55.5. The summed E-state index contributed by atoms with van der Waals surface area (Å²) >= 11 is 0. The topological polar surface area (TPSA) is 85.2 Å². The lowest BCUT2D eigenvalue weighted by Gasteiger charge is -2.14. The first kappa shape index (κ1) is 28.6. The molecule has 0 amide bonds. The second-order valence-corrected chi connectivity index (χ2v) is 11.4. The number of hydrogen-bond donors (Lipinski definition) is 0. The highest BCUT2D eigenvalue weighted by molar-refractivity contribution is 7.86. The van der Waals surface area contributed by atoms with Gasteiger partial charge in [-0.15, -0.1) is 0 Å². The fourth-order valence-corrected chi connectivity index (χ4v) is 5.84. The Morgan fingerprint density at radius 2 is 1.66 bits per heavy atom. The van der Waals surface area contributed by atoms with Crippen LogP contribution < -0.4 is 18.9 Å². The average Bonchev–Trinajstić information content (AvgIpc) is 3.58. The zero-order valence-electron chi connectivity index (χ0n) is 23.6. The van der Waals surface area contributed by atoms with Gasteiger partial charge in [-0.25, -0.2) is 0 Å². The molecule has 0 saturated heterocycles. The van der Waals surface area contributed by atoms with Crippen LogP contribution in [0.15, 0.2) is 77.7 Å². The van der Waals surface area contributed by atoms with E-state index < -0.39 is 10.1 Å². The molecule has 2 heterocycles. The Hall–Kier alpha value is -3.95. The van der Waals surface area contributed by atoms with Gasteiger partial charge in [-0.2, -0.15) is 8.42 Å². The molecular formula is C32H35NO7S. The van der Waals surface area contributed by atoms with Crippen LogP contribution in [0.2, 0.25) is 0 Å². The van der Waals surface area contributed by atoms with Crippen LogP contribution in [0, 0.1) is 13.8 Å². The van der Waals surface area contributed by atoms with Crippen LogP contribution in [0.5, 0.6) is 23.0 Å². The molecule has 0 N–H and O–H groups in total. The molecule has 0 fully saturated rings. The molecule has 9 heteroatoms. The molecule has 41 heavy (non-hydrogen) atoms. The molecule has 0 atom stereocenters. The Morgan fingerprint density at radius 1 is 0.854 bits per heavy atom. The van der Waals surface area contributed by atoms with E-state index >= 15 is 0 Å². The molecule has 0 saturated carbocycles. The fourth-order valence-electron chi connectivity index (χ4n) is 4.78. The van der Waals surface area contributed by atoms with Crippen molar-refractivity contribution >= 4 is 10.1 Å². The Labute approximate surface area is 241 Å². The average molecular weight is 578 g/mol. The molecule has 1 aliphatic heterocycles. The Bertz CT molecular complexity index is 1590. The van der Waals surface area contributed by atoms with Crippen molar-refractivity contribution in [3.05, 3.63) is 89.6 Å². The van der Waals surface area contributed by atoms with Crippen molar-refractivity contribution in [2.45, 2.75) is 45.1 Å². The zero-order valence-corrected chi connectivity index (χ0v) is 24.4. The van der Waals surface area contributed by atoms with Crippen LogP contribution in [-0.4, -0.2) is 39.6 Å². The van der Waals surface area contributed by atoms with Crippen molar-refractivity contribution in [1.29, 1.82) is 0 Å². The van der Waals surface area contributed by atoms with E-state index in [0.29, 0.717) is 38.3 Å². The molecule has 1 aliphatic rings. The number of rotatable bonds is 13. The summed E-state index contributed by atoms with van der Waals surface area (Å²) in [5.41, 5.74) is 5.32. The first-order valence-corrected chi connectivity index (χ1v) is 15.2. The van der Waals surface area contributed by atoms with Crippen LogP contribution in [0.4, 0.5) is 0 Å². The smallest absolute Gasteiger partial charge is 0.300 e. The first-order chi connectivity index (χ1) is 19.8. The summed E-state index contributed by atoms with van der Waals surface area (Å²) in [6.07, 6.45) is 1.24. The molecule has 8 nitrogen and oxygen atoms in total. The molecular weight excluding hydrogens is 542 g/mol. The van der Waals surface area contributed by atoms with Gasteiger partial charge in [-0.1, -0.05) is 18.2 Å². The monoisotopic (exact) mass is 577 g/mol. The van der Waals surface area contributed by atoms with E-state index in [0.717, 1.165) is 45.3 Å². The first-order valence-electron chi connectivity index (χ1n) is 13.7. The number of ether oxygens (including phenoxy) is 4. The minimum Gasteiger partial charge on any atom is -0.492 e. The number of hydrogen-bond acceptors (Lipinski definition) is 7. The number of aryl methyl sites for hydroxylation is 3. The summed E-state index contributed by atoms with van der Waals surface area (Å²) in [7, 11) is -3.91. The molecule has 0 unspecified atom stereocenters. The van der Waals surface area contributed by atoms with Gasteiger partial charge >= 0.3 is 10.1 Å². The van der Waals surface area contributed by atoms with Crippen molar-refractivity contribution in [3.63, 3.8) is 0 Å². The van der Waals surface area contributed by atoms with Gasteiger partial charge < -0.3 is 23.5 Å². The number of benzene rings is 3. The van der Waals surface area contributed by atoms with Crippen molar-refractivity contribution in [2.75, 3.05) is 26.6 Å². The Morgan fingerprint density at radius 3 is 2.46 bits per heavy atom. The highest BCUT2D eigenvalue weighted by atomic mass is 32.2. The summed E-state index contributed by atoms with van der Waals surface area (Å²) in [5, 5.41) is 0. The molecule has 0 bridgehead atoms. The lowest BCUT2D eigenvalue weighted by Crippen LogP contribution is -2.11. The lowest BCUT2D eigenvalue weighted by atomic mass is 10.1. The molecule has 5 rings (SSSR count). The minimum absolute atomic E-state index is 0.0598. The van der Waals surface area contributed by atoms with Crippen molar-refractivity contribution in [1.82, 2.24) is 4.57 Å². The molecule has 216 valence electrons. The van der Waals surface area contributed by atoms with Gasteiger partial charge in [-0.05, 0) is 99.3 Å². The van der Waals surface area contributed by atoms with Crippen LogP contribution in [0.1, 0.15) is 30.2 Å². The van der Waals surface area contributed by atoms with Crippen molar-refractivity contribution < 1.29 is 31.5 Å². The third kappa shape index (κ3) is 6.86. The maximum Gasteiger partial charge on any atom is 0.300 e. The Balaban J connectivity index is 1.10. The zero-order chi connectivity index (χ0) is 28.8. The van der Waals surface area contributed by atoms with Crippen molar-refractivity contribution in [2.24, 2.45) is 0 Å². The SMILES string of the molecule is CCOc1cc(C)ccc1S(=O)(=O)OCCCc1ccc(OCCn2c(C)ccc2-c2ccc3c(c2)OCO3)cc1. The van der Waals surface area contributed by atoms with Gasteiger partial charge in [0.1, 0.15) is 23.0 Å². The largest absolute Gasteiger partial charge is 0.492 e. The standard InChI is InChI=1S/C32H35NO7S/c1-4-36-31-20-23(2)7-16-32(31)41(34,35)40-18-5-6-25-9-12-27(13-10-25)37-19-17-33-24(3)8-14-28(33)26-11-15-29-30(21-26)39-22-38-29/h7-16,20-21H,4-6,17-19,22H2,1-3H3. The van der Waals surface area contributed by atoms with E-state index in [4.69, 9.17) is 23.1 Å². The second-order valence-electron chi connectivity index (χ2n) is 9.83. The molecule has 4 aromatic rings. The third-order valence-corrected chi connectivity index (χ3v) is 8.24. The fraction of sp³-hybridized carbons (Fsp3) is 0.312. The van der Waals surface area contributed by atoms with Crippen LogP contribution >= 0.6 is 0 Å². The molecule has 0 radical (unpaired) electrons. The van der Waals surface area contributed by atoms with Crippen LogP contribution in [0.25, 0.3) is 11.3 Å². The normalized spacial score (nSPS) is 12.5. The maximum atomic E-state index is 12.7. The van der Waals surface area contributed by atoms with E-state index in [-0.39, 0.29) is 18.3 Å². The quantitative estimate of drug-likeness (QED) is 0.136. The van der Waals surface area contributed by atoms with Gasteiger partial charge in [0.15, 0.2) is 11.5 Å². The predicted octanol–water partition coefficient (Wildman–Crippen LogP) is 6.32. The predicted molar refractivity (Wildman–Crippen MR) is 156 cm³/mol. The van der Waals surface area contributed by atoms with E-state index in [9.17, 15) is 8.42 Å². The van der Waals surface area contributed by atoms with Crippen LogP contribution in [0.3, 0.4) is 0 Å². The van der Waals surface area contributed by atoms with Gasteiger partial charge in [0.2, 0.25) is 6.79 Å². The number of fused-ring (bicyclic) bond motifs is 1. The van der Waals surface area contributed by atoms with E-state index in [1.807, 2.05) is 56.3 Å². The van der Waals surface area contributed by atoms with Gasteiger partial charge in [0, 0.05) is 17.0 Å². The van der Waals surface area contributed by atoms with Gasteiger partial charge in [-0.3, -0.25) is 4.18 Å². The van der Waals surface area contributed by atoms with E-state index in [1.54, 1.807) is 12.1 Å². The summed E-state index contributed by atoms with van der Waals surface area (Å²) in [4.78, 5) is 0.0598. The number of nitrogens with zero attached hydrogens (tertiary/aromatic N) is 1. The van der Waals surface area contributed by atoms with E-state index in [2.05, 4.69) is 23.6 Å². The Kier molecular flexibility index (Phi) is 8.85. The third-order valence-electron chi connectivity index (χ3n) is 6.89. The van der Waals surface area contributed by atoms with Gasteiger partial charge in [0.25, 0.3) is 0 Å². The summed E-state index contributed by atoms with van der Waals surface area (Å²) in [5.74, 6) is 2.63. The van der Waals surface area contributed by atoms with Gasteiger partial charge in [0.05, 0.1) is 19.8 Å². The molecule has 3 aromatic carbocycles. The van der Waals surface area contributed by atoms with Crippen molar-refractivity contribution in [3.8, 4) is 34.3 Å². The minimum atomic E-state index is -3.91. The highest BCUT2D eigenvalue weighted by Gasteiger charge is 2.21.